The molecule has 28 heavy (non-hydrogen) atoms. The number of hydrogen-bond acceptors (Lipinski definition) is 6. The Balaban J connectivity index is 1.80. The fourth-order valence-electron chi connectivity index (χ4n) is 2.86. The van der Waals surface area contributed by atoms with E-state index in [1.54, 1.807) is 0 Å². The standard InChI is InChI=1S/C18H17FN2O6S/c19-14-5-3-13(4-6-14)17(22)12-27-18-8-7-15(11-16(18)21(23)24)28(25,26)20-9-1-2-10-20/h3-8,11H,1-2,9-10,12H2. The first kappa shape index (κ1) is 19.9. The molecule has 0 aliphatic carbocycles. The molecule has 148 valence electrons. The van der Waals surface area contributed by atoms with Crippen molar-refractivity contribution < 1.29 is 27.3 Å². The zero-order valence-electron chi connectivity index (χ0n) is 14.7. The van der Waals surface area contributed by atoms with Crippen molar-refractivity contribution in [1.29, 1.82) is 0 Å². The maximum Gasteiger partial charge on any atom is 0.312 e. The minimum absolute atomic E-state index is 0.192. The van der Waals surface area contributed by atoms with Gasteiger partial charge >= 0.3 is 5.69 Å². The van der Waals surface area contributed by atoms with Gasteiger partial charge in [-0.15, -0.1) is 0 Å². The van der Waals surface area contributed by atoms with Crippen LogP contribution >= 0.6 is 0 Å². The van der Waals surface area contributed by atoms with Gasteiger partial charge in [0.2, 0.25) is 10.0 Å². The summed E-state index contributed by atoms with van der Waals surface area (Å²) in [6.45, 7) is 0.242. The van der Waals surface area contributed by atoms with Gasteiger partial charge in [0.05, 0.1) is 9.82 Å². The van der Waals surface area contributed by atoms with Gasteiger partial charge in [-0.05, 0) is 49.2 Å². The fourth-order valence-corrected chi connectivity index (χ4v) is 4.40. The Morgan fingerprint density at radius 1 is 1.14 bits per heavy atom. The van der Waals surface area contributed by atoms with Gasteiger partial charge in [0.1, 0.15) is 5.82 Å². The van der Waals surface area contributed by atoms with E-state index in [2.05, 4.69) is 0 Å². The number of Topliss-reactive ketones (excluding diaryl/α,β-unsaturated/α-hetero) is 1. The quantitative estimate of drug-likeness (QED) is 0.396. The number of nitro benzene ring substituents is 1. The third-order valence-corrected chi connectivity index (χ3v) is 6.25. The number of carbonyl (C=O) groups is 1. The molecule has 0 saturated carbocycles. The van der Waals surface area contributed by atoms with Gasteiger partial charge in [-0.3, -0.25) is 14.9 Å². The van der Waals surface area contributed by atoms with E-state index in [1.807, 2.05) is 0 Å². The van der Waals surface area contributed by atoms with Gasteiger partial charge in [0.15, 0.2) is 18.1 Å². The van der Waals surface area contributed by atoms with Crippen molar-refractivity contribution in [3.05, 3.63) is 64.0 Å². The molecular formula is C18H17FN2O6S. The number of carbonyl (C=O) groups excluding carboxylic acids is 1. The number of sulfonamides is 1. The average molecular weight is 408 g/mol. The summed E-state index contributed by atoms with van der Waals surface area (Å²) in [6.07, 6.45) is 1.49. The Bertz CT molecular complexity index is 1000. The van der Waals surface area contributed by atoms with Crippen LogP contribution in [-0.2, 0) is 10.0 Å². The molecule has 2 aromatic rings. The number of ether oxygens (including phenoxy) is 1. The molecule has 0 aromatic heterocycles. The van der Waals surface area contributed by atoms with Crippen LogP contribution in [0.1, 0.15) is 23.2 Å². The van der Waals surface area contributed by atoms with Crippen molar-refractivity contribution in [3.8, 4) is 5.75 Å². The first-order valence-electron chi connectivity index (χ1n) is 8.49. The highest BCUT2D eigenvalue weighted by molar-refractivity contribution is 7.89. The first-order chi connectivity index (χ1) is 13.3. The lowest BCUT2D eigenvalue weighted by Crippen LogP contribution is -2.27. The second-order valence-electron chi connectivity index (χ2n) is 6.22. The number of benzene rings is 2. The summed E-state index contributed by atoms with van der Waals surface area (Å²) in [5.74, 6) is -1.22. The molecule has 0 bridgehead atoms. The van der Waals surface area contributed by atoms with Crippen molar-refractivity contribution in [1.82, 2.24) is 4.31 Å². The number of nitro groups is 1. The number of ketones is 1. The van der Waals surface area contributed by atoms with Crippen LogP contribution in [0.25, 0.3) is 0 Å². The average Bonchev–Trinajstić information content (AvgIpc) is 3.22. The fraction of sp³-hybridized carbons (Fsp3) is 0.278. The molecular weight excluding hydrogens is 391 g/mol. The molecule has 0 atom stereocenters. The maximum absolute atomic E-state index is 12.9. The van der Waals surface area contributed by atoms with Gasteiger partial charge in [0.25, 0.3) is 0 Å². The molecule has 0 N–H and O–H groups in total. The zero-order chi connectivity index (χ0) is 20.3. The zero-order valence-corrected chi connectivity index (χ0v) is 15.5. The highest BCUT2D eigenvalue weighted by Gasteiger charge is 2.30. The van der Waals surface area contributed by atoms with Crippen LogP contribution in [-0.4, -0.2) is 43.1 Å². The van der Waals surface area contributed by atoms with Gasteiger partial charge in [0, 0.05) is 24.7 Å². The Hall–Kier alpha value is -2.85. The molecule has 1 aliphatic rings. The largest absolute Gasteiger partial charge is 0.478 e. The van der Waals surface area contributed by atoms with Gasteiger partial charge < -0.3 is 4.74 Å². The summed E-state index contributed by atoms with van der Waals surface area (Å²) in [4.78, 5) is 22.5. The molecule has 1 saturated heterocycles. The molecule has 3 rings (SSSR count). The Morgan fingerprint density at radius 3 is 2.39 bits per heavy atom. The normalized spacial score (nSPS) is 14.8. The lowest BCUT2D eigenvalue weighted by atomic mass is 10.1. The van der Waals surface area contributed by atoms with Crippen molar-refractivity contribution in [2.24, 2.45) is 0 Å². The van der Waals surface area contributed by atoms with Crippen LogP contribution in [0.5, 0.6) is 5.75 Å². The molecule has 0 spiro atoms. The van der Waals surface area contributed by atoms with E-state index >= 15 is 0 Å². The maximum atomic E-state index is 12.9. The highest BCUT2D eigenvalue weighted by Crippen LogP contribution is 2.31. The minimum Gasteiger partial charge on any atom is -0.478 e. The number of nitrogens with zero attached hydrogens (tertiary/aromatic N) is 2. The van der Waals surface area contributed by atoms with Gasteiger partial charge in [-0.1, -0.05) is 0 Å². The van der Waals surface area contributed by atoms with Gasteiger partial charge in [-0.25, -0.2) is 12.8 Å². The van der Waals surface area contributed by atoms with Crippen LogP contribution < -0.4 is 4.74 Å². The summed E-state index contributed by atoms with van der Waals surface area (Å²) in [7, 11) is -3.82. The molecule has 0 radical (unpaired) electrons. The number of halogens is 1. The van der Waals surface area contributed by atoms with E-state index in [9.17, 15) is 27.7 Å². The molecule has 1 heterocycles. The predicted molar refractivity (Wildman–Crippen MR) is 97.3 cm³/mol. The number of rotatable bonds is 7. The SMILES string of the molecule is O=C(COc1ccc(S(=O)(=O)N2CCCC2)cc1[N+](=O)[O-])c1ccc(F)cc1. The smallest absolute Gasteiger partial charge is 0.312 e. The van der Waals surface area contributed by atoms with Crippen LogP contribution in [0.2, 0.25) is 0 Å². The van der Waals surface area contributed by atoms with Crippen molar-refractivity contribution in [2.45, 2.75) is 17.7 Å². The highest BCUT2D eigenvalue weighted by atomic mass is 32.2. The minimum atomic E-state index is -3.82. The van der Waals surface area contributed by atoms with Crippen molar-refractivity contribution >= 4 is 21.5 Å². The molecule has 0 unspecified atom stereocenters. The Labute approximate surface area is 160 Å². The second kappa shape index (κ2) is 8.03. The predicted octanol–water partition coefficient (Wildman–Crippen LogP) is 2.78. The molecule has 0 amide bonds. The van der Waals surface area contributed by atoms with Crippen molar-refractivity contribution in [3.63, 3.8) is 0 Å². The third-order valence-electron chi connectivity index (χ3n) is 4.35. The van der Waals surface area contributed by atoms with Crippen molar-refractivity contribution in [2.75, 3.05) is 19.7 Å². The van der Waals surface area contributed by atoms with E-state index in [0.29, 0.717) is 13.1 Å². The summed E-state index contributed by atoms with van der Waals surface area (Å²) >= 11 is 0. The van der Waals surface area contributed by atoms with E-state index in [1.165, 1.54) is 28.6 Å². The summed E-state index contributed by atoms with van der Waals surface area (Å²) in [6, 6.07) is 8.12. The number of hydrogen-bond donors (Lipinski definition) is 0. The van der Waals surface area contributed by atoms with Gasteiger partial charge in [-0.2, -0.15) is 4.31 Å². The first-order valence-corrected chi connectivity index (χ1v) is 9.93. The molecule has 10 heteroatoms. The van der Waals surface area contributed by atoms with Crippen LogP contribution in [0.15, 0.2) is 47.4 Å². The Morgan fingerprint density at radius 2 is 1.79 bits per heavy atom. The van der Waals surface area contributed by atoms with Crippen LogP contribution in [0.3, 0.4) is 0 Å². The van der Waals surface area contributed by atoms with E-state index < -0.39 is 38.8 Å². The lowest BCUT2D eigenvalue weighted by Gasteiger charge is -2.15. The molecule has 8 nitrogen and oxygen atoms in total. The summed E-state index contributed by atoms with van der Waals surface area (Å²) in [5.41, 5.74) is -0.357. The Kier molecular flexibility index (Phi) is 5.71. The van der Waals surface area contributed by atoms with E-state index in [0.717, 1.165) is 31.0 Å². The monoisotopic (exact) mass is 408 g/mol. The second-order valence-corrected chi connectivity index (χ2v) is 8.15. The molecule has 1 aliphatic heterocycles. The summed E-state index contributed by atoms with van der Waals surface area (Å²) < 4.78 is 44.6. The van der Waals surface area contributed by atoms with E-state index in [4.69, 9.17) is 4.74 Å². The molecule has 1 fully saturated rings. The summed E-state index contributed by atoms with van der Waals surface area (Å²) in [5, 5.41) is 11.4. The third kappa shape index (κ3) is 4.18. The van der Waals surface area contributed by atoms with E-state index in [-0.39, 0.29) is 16.2 Å². The van der Waals surface area contributed by atoms with Crippen LogP contribution in [0.4, 0.5) is 10.1 Å². The lowest BCUT2D eigenvalue weighted by molar-refractivity contribution is -0.386. The molecule has 2 aromatic carbocycles. The topological polar surface area (TPSA) is 107 Å². The van der Waals surface area contributed by atoms with Crippen LogP contribution in [0, 0.1) is 15.9 Å².